The van der Waals surface area contributed by atoms with E-state index in [0.29, 0.717) is 10.6 Å². The summed E-state index contributed by atoms with van der Waals surface area (Å²) in [7, 11) is 2.82. The number of nitrogens with two attached hydrogens (primary N) is 1. The predicted octanol–water partition coefficient (Wildman–Crippen LogP) is 2.91. The molecule has 0 atom stereocenters. The van der Waals surface area contributed by atoms with Gasteiger partial charge in [0.05, 0.1) is 14.2 Å². The minimum atomic E-state index is -0.646. The molecule has 2 aromatic rings. The molecule has 0 aliphatic carbocycles. The number of rotatable bonds is 8. The number of methoxy groups -OCH3 is 2. The number of carbonyl (C=O) groups excluding carboxylic acids is 2. The number of ether oxygens (including phenoxy) is 3. The van der Waals surface area contributed by atoms with Gasteiger partial charge in [-0.1, -0.05) is 33.6 Å². The van der Waals surface area contributed by atoms with Crippen LogP contribution in [0.3, 0.4) is 0 Å². The number of primary amides is 1. The van der Waals surface area contributed by atoms with Crippen LogP contribution in [0, 0.1) is 0 Å². The first-order valence-corrected chi connectivity index (χ1v) is 8.92. The molecule has 0 saturated heterocycles. The Hall–Kier alpha value is -2.45. The molecule has 7 nitrogen and oxygen atoms in total. The molecular formula is C18H18BrClN2O5. The van der Waals surface area contributed by atoms with E-state index in [2.05, 4.69) is 21.2 Å². The molecule has 27 heavy (non-hydrogen) atoms. The highest BCUT2D eigenvalue weighted by Gasteiger charge is 2.18. The van der Waals surface area contributed by atoms with Crippen molar-refractivity contribution in [1.82, 2.24) is 5.32 Å². The molecule has 2 amide bonds. The van der Waals surface area contributed by atoms with E-state index in [4.69, 9.17) is 31.5 Å². The van der Waals surface area contributed by atoms with Crippen LogP contribution in [-0.4, -0.2) is 32.6 Å². The van der Waals surface area contributed by atoms with Gasteiger partial charge in [-0.3, -0.25) is 9.59 Å². The first-order chi connectivity index (χ1) is 12.8. The fourth-order valence-electron chi connectivity index (χ4n) is 2.24. The minimum absolute atomic E-state index is 0.186. The van der Waals surface area contributed by atoms with Crippen LogP contribution < -0.4 is 25.3 Å². The summed E-state index contributed by atoms with van der Waals surface area (Å²) in [5.74, 6) is -0.338. The number of benzene rings is 2. The van der Waals surface area contributed by atoms with E-state index in [1.54, 1.807) is 6.07 Å². The third kappa shape index (κ3) is 5.51. The maximum atomic E-state index is 12.5. The molecule has 144 valence electrons. The van der Waals surface area contributed by atoms with Gasteiger partial charge in [-0.15, -0.1) is 0 Å². The first-order valence-electron chi connectivity index (χ1n) is 7.75. The summed E-state index contributed by atoms with van der Waals surface area (Å²) in [5.41, 5.74) is 6.16. The summed E-state index contributed by atoms with van der Waals surface area (Å²) in [4.78, 5) is 23.5. The summed E-state index contributed by atoms with van der Waals surface area (Å²) in [6.45, 7) is -0.101. The highest BCUT2D eigenvalue weighted by Crippen LogP contribution is 2.38. The second-order valence-corrected chi connectivity index (χ2v) is 6.71. The van der Waals surface area contributed by atoms with Crippen LogP contribution in [0.2, 0.25) is 5.02 Å². The number of carbonyl (C=O) groups is 2. The van der Waals surface area contributed by atoms with Crippen LogP contribution in [0.5, 0.6) is 17.2 Å². The van der Waals surface area contributed by atoms with E-state index in [1.807, 2.05) is 12.1 Å². The summed E-state index contributed by atoms with van der Waals surface area (Å²) < 4.78 is 16.7. The molecule has 9 heteroatoms. The maximum absolute atomic E-state index is 12.5. The number of amides is 2. The Labute approximate surface area is 169 Å². The normalized spacial score (nSPS) is 10.2. The van der Waals surface area contributed by atoms with Crippen molar-refractivity contribution in [3.8, 4) is 17.2 Å². The average Bonchev–Trinajstić information content (AvgIpc) is 2.64. The van der Waals surface area contributed by atoms with Gasteiger partial charge in [0.1, 0.15) is 0 Å². The largest absolute Gasteiger partial charge is 0.493 e. The number of hydrogen-bond donors (Lipinski definition) is 2. The highest BCUT2D eigenvalue weighted by molar-refractivity contribution is 9.10. The van der Waals surface area contributed by atoms with E-state index in [-0.39, 0.29) is 36.3 Å². The monoisotopic (exact) mass is 456 g/mol. The third-order valence-corrected chi connectivity index (χ3v) is 4.38. The van der Waals surface area contributed by atoms with Crippen LogP contribution in [0.15, 0.2) is 34.8 Å². The Bertz CT molecular complexity index is 835. The van der Waals surface area contributed by atoms with Crippen molar-refractivity contribution in [2.45, 2.75) is 6.54 Å². The lowest BCUT2D eigenvalue weighted by Gasteiger charge is -2.15. The first kappa shape index (κ1) is 20.9. The second-order valence-electron chi connectivity index (χ2n) is 5.38. The van der Waals surface area contributed by atoms with E-state index in [0.717, 1.165) is 10.0 Å². The summed E-state index contributed by atoms with van der Waals surface area (Å²) in [6.07, 6.45) is 0. The lowest BCUT2D eigenvalue weighted by atomic mass is 10.1. The maximum Gasteiger partial charge on any atom is 0.255 e. The van der Waals surface area contributed by atoms with Crippen LogP contribution in [0.25, 0.3) is 0 Å². The zero-order chi connectivity index (χ0) is 20.0. The van der Waals surface area contributed by atoms with E-state index < -0.39 is 5.91 Å². The lowest BCUT2D eigenvalue weighted by Crippen LogP contribution is -2.23. The van der Waals surface area contributed by atoms with Gasteiger partial charge in [0, 0.05) is 21.6 Å². The van der Waals surface area contributed by atoms with Gasteiger partial charge in [-0.25, -0.2) is 0 Å². The van der Waals surface area contributed by atoms with E-state index in [1.165, 1.54) is 26.4 Å². The molecule has 0 unspecified atom stereocenters. The number of hydrogen-bond acceptors (Lipinski definition) is 5. The molecule has 2 rings (SSSR count). The Morgan fingerprint density at radius 1 is 1.15 bits per heavy atom. The molecular weight excluding hydrogens is 440 g/mol. The summed E-state index contributed by atoms with van der Waals surface area (Å²) >= 11 is 9.49. The van der Waals surface area contributed by atoms with Crippen LogP contribution in [-0.2, 0) is 11.3 Å². The van der Waals surface area contributed by atoms with Crippen molar-refractivity contribution in [2.24, 2.45) is 5.73 Å². The molecule has 0 spiro atoms. The zero-order valence-corrected chi connectivity index (χ0v) is 17.0. The highest BCUT2D eigenvalue weighted by atomic mass is 79.9. The molecule has 3 N–H and O–H groups in total. The van der Waals surface area contributed by atoms with Gasteiger partial charge < -0.3 is 25.3 Å². The minimum Gasteiger partial charge on any atom is -0.493 e. The van der Waals surface area contributed by atoms with Gasteiger partial charge in [-0.05, 0) is 29.8 Å². The van der Waals surface area contributed by atoms with Crippen molar-refractivity contribution < 1.29 is 23.8 Å². The smallest absolute Gasteiger partial charge is 0.255 e. The van der Waals surface area contributed by atoms with Crippen molar-refractivity contribution in [3.05, 3.63) is 51.0 Å². The molecule has 2 aromatic carbocycles. The molecule has 0 aromatic heterocycles. The van der Waals surface area contributed by atoms with Crippen LogP contribution in [0.1, 0.15) is 15.9 Å². The van der Waals surface area contributed by atoms with Crippen molar-refractivity contribution >= 4 is 39.3 Å². The summed E-state index contributed by atoms with van der Waals surface area (Å²) in [6, 6.07) is 8.37. The standard InChI is InChI=1S/C18H18BrClN2O5/c1-25-14-5-11(6-15(26-2)17(14)27-9-16(21)23)18(24)22-8-10-3-4-12(19)7-13(10)20/h3-7H,8-9H2,1-2H3,(H2,21,23)(H,22,24). The molecule has 0 aliphatic heterocycles. The van der Waals surface area contributed by atoms with E-state index in [9.17, 15) is 9.59 Å². The average molecular weight is 458 g/mol. The summed E-state index contributed by atoms with van der Waals surface area (Å²) in [5, 5.41) is 3.32. The molecule has 0 aliphatic rings. The Morgan fingerprint density at radius 3 is 2.30 bits per heavy atom. The van der Waals surface area contributed by atoms with Crippen molar-refractivity contribution in [1.29, 1.82) is 0 Å². The van der Waals surface area contributed by atoms with Gasteiger partial charge in [0.2, 0.25) is 5.75 Å². The van der Waals surface area contributed by atoms with Crippen LogP contribution in [0.4, 0.5) is 0 Å². The van der Waals surface area contributed by atoms with E-state index >= 15 is 0 Å². The Kier molecular flexibility index (Phi) is 7.32. The van der Waals surface area contributed by atoms with Crippen molar-refractivity contribution in [2.75, 3.05) is 20.8 Å². The third-order valence-electron chi connectivity index (χ3n) is 3.54. The molecule has 0 heterocycles. The van der Waals surface area contributed by atoms with Gasteiger partial charge >= 0.3 is 0 Å². The predicted molar refractivity (Wildman–Crippen MR) is 105 cm³/mol. The fourth-order valence-corrected chi connectivity index (χ4v) is 2.98. The molecule has 0 fully saturated rings. The number of halogens is 2. The molecule has 0 saturated carbocycles. The lowest BCUT2D eigenvalue weighted by molar-refractivity contribution is -0.120. The van der Waals surface area contributed by atoms with Crippen molar-refractivity contribution in [3.63, 3.8) is 0 Å². The molecule has 0 radical (unpaired) electrons. The topological polar surface area (TPSA) is 99.9 Å². The molecule has 0 bridgehead atoms. The van der Waals surface area contributed by atoms with Gasteiger partial charge in [0.15, 0.2) is 18.1 Å². The SMILES string of the molecule is COc1cc(C(=O)NCc2ccc(Br)cc2Cl)cc(OC)c1OCC(N)=O. The second kappa shape index (κ2) is 9.48. The quantitative estimate of drug-likeness (QED) is 0.635. The zero-order valence-electron chi connectivity index (χ0n) is 14.7. The van der Waals surface area contributed by atoms with Crippen LogP contribution >= 0.6 is 27.5 Å². The Balaban J connectivity index is 2.21. The Morgan fingerprint density at radius 2 is 1.78 bits per heavy atom. The van der Waals surface area contributed by atoms with Gasteiger partial charge in [0.25, 0.3) is 11.8 Å². The van der Waals surface area contributed by atoms with Gasteiger partial charge in [-0.2, -0.15) is 0 Å². The number of nitrogens with one attached hydrogen (secondary N) is 1. The fraction of sp³-hybridized carbons (Fsp3) is 0.222.